The number of furan rings is 1. The van der Waals surface area contributed by atoms with Crippen LogP contribution in [0.1, 0.15) is 5.76 Å². The van der Waals surface area contributed by atoms with Crippen molar-refractivity contribution in [3.8, 4) is 11.3 Å². The highest BCUT2D eigenvalue weighted by molar-refractivity contribution is 5.83. The van der Waals surface area contributed by atoms with Gasteiger partial charge in [-0.05, 0) is 24.3 Å². The minimum absolute atomic E-state index is 0.489. The monoisotopic (exact) mass is 213 g/mol. The third-order valence-electron chi connectivity index (χ3n) is 2.07. The zero-order chi connectivity index (χ0) is 11.4. The van der Waals surface area contributed by atoms with E-state index in [4.69, 9.17) is 4.42 Å². The number of benzene rings is 1. The minimum atomic E-state index is -1.24. The van der Waals surface area contributed by atoms with E-state index in [2.05, 4.69) is 0 Å². The van der Waals surface area contributed by atoms with Crippen molar-refractivity contribution in [3.05, 3.63) is 54.3 Å². The van der Waals surface area contributed by atoms with Gasteiger partial charge in [-0.25, -0.2) is 0 Å². The fraction of sp³-hybridized carbons (Fsp3) is 0. The molecule has 3 heteroatoms. The van der Waals surface area contributed by atoms with E-state index in [1.54, 1.807) is 12.1 Å². The van der Waals surface area contributed by atoms with Crippen LogP contribution in [0.25, 0.3) is 17.4 Å². The van der Waals surface area contributed by atoms with Crippen LogP contribution >= 0.6 is 0 Å². The molecule has 0 N–H and O–H groups in total. The van der Waals surface area contributed by atoms with Crippen molar-refractivity contribution in [1.29, 1.82) is 0 Å². The summed E-state index contributed by atoms with van der Waals surface area (Å²) in [4.78, 5) is 10.2. The van der Waals surface area contributed by atoms with Crippen molar-refractivity contribution in [2.45, 2.75) is 0 Å². The van der Waals surface area contributed by atoms with Crippen LogP contribution in [0.2, 0.25) is 0 Å². The minimum Gasteiger partial charge on any atom is -0.545 e. The van der Waals surface area contributed by atoms with Crippen LogP contribution in [0.15, 0.2) is 53.0 Å². The number of carboxylic acid groups (broad SMARTS) is 1. The van der Waals surface area contributed by atoms with Gasteiger partial charge in [0.25, 0.3) is 0 Å². The molecule has 0 unspecified atom stereocenters. The topological polar surface area (TPSA) is 53.3 Å². The highest BCUT2D eigenvalue weighted by Crippen LogP contribution is 2.22. The first-order valence-electron chi connectivity index (χ1n) is 4.80. The Hall–Kier alpha value is -2.29. The number of carbonyl (C=O) groups excluding carboxylic acids is 1. The van der Waals surface area contributed by atoms with E-state index >= 15 is 0 Å². The standard InChI is InChI=1S/C13H10O3/c14-13(15)9-7-11-6-8-12(16-11)10-4-2-1-3-5-10/h1-9H,(H,14,15)/p-1/b9-7+. The van der Waals surface area contributed by atoms with Crippen LogP contribution in [0.5, 0.6) is 0 Å². The lowest BCUT2D eigenvalue weighted by atomic mass is 10.2. The summed E-state index contributed by atoms with van der Waals surface area (Å²) in [5, 5.41) is 10.2. The molecule has 0 amide bonds. The zero-order valence-electron chi connectivity index (χ0n) is 8.42. The molecular formula is C13H9O3-. The first-order valence-corrected chi connectivity index (χ1v) is 4.80. The van der Waals surface area contributed by atoms with Gasteiger partial charge in [-0.2, -0.15) is 0 Å². The predicted octanol–water partition coefficient (Wildman–Crippen LogP) is 1.71. The van der Waals surface area contributed by atoms with E-state index in [1.165, 1.54) is 6.08 Å². The second kappa shape index (κ2) is 4.49. The SMILES string of the molecule is O=C([O-])/C=C/c1ccc(-c2ccccc2)o1. The summed E-state index contributed by atoms with van der Waals surface area (Å²) in [5.41, 5.74) is 0.954. The number of carbonyl (C=O) groups is 1. The summed E-state index contributed by atoms with van der Waals surface area (Å²) in [6, 6.07) is 13.1. The Labute approximate surface area is 92.6 Å². The quantitative estimate of drug-likeness (QED) is 0.729. The first kappa shape index (κ1) is 10.2. The van der Waals surface area contributed by atoms with Gasteiger partial charge in [0.2, 0.25) is 0 Å². The Kier molecular flexibility index (Phi) is 2.87. The smallest absolute Gasteiger partial charge is 0.134 e. The number of rotatable bonds is 3. The van der Waals surface area contributed by atoms with Gasteiger partial charge in [-0.15, -0.1) is 0 Å². The van der Waals surface area contributed by atoms with Crippen molar-refractivity contribution < 1.29 is 14.3 Å². The van der Waals surface area contributed by atoms with Gasteiger partial charge in [-0.1, -0.05) is 30.3 Å². The van der Waals surface area contributed by atoms with E-state index in [9.17, 15) is 9.90 Å². The predicted molar refractivity (Wildman–Crippen MR) is 58.2 cm³/mol. The highest BCUT2D eigenvalue weighted by Gasteiger charge is 2.01. The number of hydrogen-bond acceptors (Lipinski definition) is 3. The van der Waals surface area contributed by atoms with E-state index in [0.717, 1.165) is 11.6 Å². The number of hydrogen-bond donors (Lipinski definition) is 0. The molecule has 0 bridgehead atoms. The van der Waals surface area contributed by atoms with Gasteiger partial charge < -0.3 is 14.3 Å². The van der Waals surface area contributed by atoms with Crippen molar-refractivity contribution in [2.24, 2.45) is 0 Å². The van der Waals surface area contributed by atoms with Crippen LogP contribution < -0.4 is 5.11 Å². The molecule has 16 heavy (non-hydrogen) atoms. The summed E-state index contributed by atoms with van der Waals surface area (Å²) in [6.07, 6.45) is 2.30. The Balaban J connectivity index is 2.23. The zero-order valence-corrected chi connectivity index (χ0v) is 8.42. The van der Waals surface area contributed by atoms with Gasteiger partial charge >= 0.3 is 0 Å². The molecule has 80 valence electrons. The number of aliphatic carboxylic acids is 1. The molecule has 0 aliphatic heterocycles. The second-order valence-corrected chi connectivity index (χ2v) is 3.22. The van der Waals surface area contributed by atoms with E-state index in [1.807, 2.05) is 30.3 Å². The summed E-state index contributed by atoms with van der Waals surface area (Å²) in [7, 11) is 0. The molecule has 0 atom stereocenters. The lowest BCUT2D eigenvalue weighted by Gasteiger charge is -1.94. The van der Waals surface area contributed by atoms with Crippen LogP contribution in [-0.4, -0.2) is 5.97 Å². The third-order valence-corrected chi connectivity index (χ3v) is 2.07. The summed E-state index contributed by atoms with van der Waals surface area (Å²) in [5.74, 6) is -0.0423. The average Bonchev–Trinajstić information content (AvgIpc) is 2.76. The maximum Gasteiger partial charge on any atom is 0.134 e. The van der Waals surface area contributed by atoms with Gasteiger partial charge in [0.15, 0.2) is 0 Å². The highest BCUT2D eigenvalue weighted by atomic mass is 16.4. The van der Waals surface area contributed by atoms with Crippen molar-refractivity contribution in [2.75, 3.05) is 0 Å². The molecule has 0 fully saturated rings. The van der Waals surface area contributed by atoms with Crippen LogP contribution in [0.3, 0.4) is 0 Å². The van der Waals surface area contributed by atoms with E-state index < -0.39 is 5.97 Å². The van der Waals surface area contributed by atoms with E-state index in [-0.39, 0.29) is 0 Å². The maximum atomic E-state index is 10.2. The molecular weight excluding hydrogens is 204 g/mol. The molecule has 1 aromatic heterocycles. The Bertz CT molecular complexity index is 509. The van der Waals surface area contributed by atoms with Gasteiger partial charge in [0, 0.05) is 5.56 Å². The lowest BCUT2D eigenvalue weighted by molar-refractivity contribution is -0.297. The first-order chi connectivity index (χ1) is 7.75. The summed E-state index contributed by atoms with van der Waals surface area (Å²) < 4.78 is 5.44. The average molecular weight is 213 g/mol. The van der Waals surface area contributed by atoms with Gasteiger partial charge in [-0.3, -0.25) is 0 Å². The van der Waals surface area contributed by atoms with E-state index in [0.29, 0.717) is 11.5 Å². The molecule has 0 aliphatic rings. The van der Waals surface area contributed by atoms with Crippen molar-refractivity contribution in [1.82, 2.24) is 0 Å². The third kappa shape index (κ3) is 2.39. The molecule has 0 saturated heterocycles. The molecule has 1 heterocycles. The van der Waals surface area contributed by atoms with Crippen LogP contribution in [-0.2, 0) is 4.79 Å². The molecule has 0 saturated carbocycles. The fourth-order valence-corrected chi connectivity index (χ4v) is 1.35. The van der Waals surface area contributed by atoms with Crippen molar-refractivity contribution in [3.63, 3.8) is 0 Å². The molecule has 3 nitrogen and oxygen atoms in total. The van der Waals surface area contributed by atoms with Crippen LogP contribution in [0, 0.1) is 0 Å². The second-order valence-electron chi connectivity index (χ2n) is 3.22. The normalized spacial score (nSPS) is 10.8. The molecule has 1 aromatic carbocycles. The Morgan fingerprint density at radius 2 is 1.88 bits per heavy atom. The summed E-state index contributed by atoms with van der Waals surface area (Å²) in [6.45, 7) is 0. The Morgan fingerprint density at radius 1 is 1.12 bits per heavy atom. The molecule has 0 radical (unpaired) electrons. The largest absolute Gasteiger partial charge is 0.545 e. The van der Waals surface area contributed by atoms with Gasteiger partial charge in [0.1, 0.15) is 11.5 Å². The molecule has 0 aliphatic carbocycles. The molecule has 2 rings (SSSR count). The summed E-state index contributed by atoms with van der Waals surface area (Å²) >= 11 is 0. The maximum absolute atomic E-state index is 10.2. The lowest BCUT2D eigenvalue weighted by Crippen LogP contribution is -2.18. The fourth-order valence-electron chi connectivity index (χ4n) is 1.35. The molecule has 2 aromatic rings. The Morgan fingerprint density at radius 3 is 2.56 bits per heavy atom. The molecule has 0 spiro atoms. The number of carboxylic acids is 1. The van der Waals surface area contributed by atoms with Crippen LogP contribution in [0.4, 0.5) is 0 Å². The van der Waals surface area contributed by atoms with Gasteiger partial charge in [0.05, 0.1) is 5.97 Å². The van der Waals surface area contributed by atoms with Crippen molar-refractivity contribution >= 4 is 12.0 Å².